The molecule has 1 aliphatic rings. The van der Waals surface area contributed by atoms with Gasteiger partial charge in [-0.05, 0) is 44.4 Å². The molecule has 1 aromatic carbocycles. The molecular weight excluding hydrogens is 350 g/mol. The fourth-order valence-corrected chi connectivity index (χ4v) is 3.71. The number of carbonyl (C=O) groups is 2. The normalized spacial score (nSPS) is 17.7. The Morgan fingerprint density at radius 1 is 1.42 bits per heavy atom. The zero-order valence-electron chi connectivity index (χ0n) is 15.2. The highest BCUT2D eigenvalue weighted by atomic mass is 32.1. The molecule has 1 fully saturated rings. The Kier molecular flexibility index (Phi) is 5.68. The van der Waals surface area contributed by atoms with Crippen molar-refractivity contribution in [3.8, 4) is 0 Å². The van der Waals surface area contributed by atoms with Crippen LogP contribution in [0.3, 0.4) is 0 Å². The van der Waals surface area contributed by atoms with Gasteiger partial charge in [-0.15, -0.1) is 11.3 Å². The van der Waals surface area contributed by atoms with E-state index in [0.717, 1.165) is 23.4 Å². The van der Waals surface area contributed by atoms with E-state index in [1.165, 1.54) is 11.3 Å². The SMILES string of the molecule is Cc1c(NC(=O)[C@H]2CCCO2)cccc1C(=O)N(C)[C@@H](C)c1nccs1. The van der Waals surface area contributed by atoms with Gasteiger partial charge in [-0.2, -0.15) is 0 Å². The minimum atomic E-state index is -0.402. The smallest absolute Gasteiger partial charge is 0.254 e. The molecule has 1 aliphatic heterocycles. The van der Waals surface area contributed by atoms with Crippen molar-refractivity contribution in [3.05, 3.63) is 45.9 Å². The summed E-state index contributed by atoms with van der Waals surface area (Å²) in [5, 5.41) is 5.69. The molecule has 138 valence electrons. The fraction of sp³-hybridized carbons (Fsp3) is 0.421. The van der Waals surface area contributed by atoms with Crippen LogP contribution in [0.2, 0.25) is 0 Å². The van der Waals surface area contributed by atoms with Crippen LogP contribution in [-0.2, 0) is 9.53 Å². The van der Waals surface area contributed by atoms with E-state index in [2.05, 4.69) is 10.3 Å². The lowest BCUT2D eigenvalue weighted by molar-refractivity contribution is -0.124. The molecule has 0 saturated carbocycles. The molecule has 26 heavy (non-hydrogen) atoms. The second-order valence-corrected chi connectivity index (χ2v) is 7.36. The molecular formula is C19H23N3O3S. The molecule has 0 unspecified atom stereocenters. The number of nitrogens with zero attached hydrogens (tertiary/aromatic N) is 2. The predicted molar refractivity (Wildman–Crippen MR) is 101 cm³/mol. The summed E-state index contributed by atoms with van der Waals surface area (Å²) in [4.78, 5) is 31.2. The fourth-order valence-electron chi connectivity index (χ4n) is 2.97. The van der Waals surface area contributed by atoms with E-state index in [1.54, 1.807) is 30.3 Å². The van der Waals surface area contributed by atoms with Crippen LogP contribution >= 0.6 is 11.3 Å². The number of ether oxygens (including phenoxy) is 1. The zero-order chi connectivity index (χ0) is 18.7. The molecule has 2 heterocycles. The molecule has 0 bridgehead atoms. The van der Waals surface area contributed by atoms with Crippen LogP contribution in [0.1, 0.15) is 46.7 Å². The number of amides is 2. The number of hydrogen-bond donors (Lipinski definition) is 1. The molecule has 7 heteroatoms. The highest BCUT2D eigenvalue weighted by Crippen LogP contribution is 2.26. The van der Waals surface area contributed by atoms with Gasteiger partial charge in [-0.3, -0.25) is 9.59 Å². The molecule has 1 N–H and O–H groups in total. The van der Waals surface area contributed by atoms with Crippen molar-refractivity contribution in [2.75, 3.05) is 19.0 Å². The summed E-state index contributed by atoms with van der Waals surface area (Å²) < 4.78 is 5.42. The third-order valence-electron chi connectivity index (χ3n) is 4.75. The van der Waals surface area contributed by atoms with E-state index < -0.39 is 6.10 Å². The summed E-state index contributed by atoms with van der Waals surface area (Å²) in [6, 6.07) is 5.26. The molecule has 6 nitrogen and oxygen atoms in total. The first-order valence-corrected chi connectivity index (χ1v) is 9.55. The van der Waals surface area contributed by atoms with E-state index >= 15 is 0 Å². The third-order valence-corrected chi connectivity index (χ3v) is 5.70. The summed E-state index contributed by atoms with van der Waals surface area (Å²) in [6.07, 6.45) is 2.97. The van der Waals surface area contributed by atoms with E-state index in [-0.39, 0.29) is 17.9 Å². The minimum Gasteiger partial charge on any atom is -0.368 e. The second kappa shape index (κ2) is 7.97. The van der Waals surface area contributed by atoms with Crippen LogP contribution in [-0.4, -0.2) is 41.5 Å². The minimum absolute atomic E-state index is 0.0987. The number of rotatable bonds is 5. The molecule has 2 atom stereocenters. The summed E-state index contributed by atoms with van der Waals surface area (Å²) in [6.45, 7) is 4.42. The van der Waals surface area contributed by atoms with Gasteiger partial charge in [0.15, 0.2) is 0 Å². The molecule has 0 spiro atoms. The van der Waals surface area contributed by atoms with Gasteiger partial charge >= 0.3 is 0 Å². The summed E-state index contributed by atoms with van der Waals surface area (Å²) >= 11 is 1.53. The topological polar surface area (TPSA) is 71.5 Å². The van der Waals surface area contributed by atoms with E-state index in [9.17, 15) is 9.59 Å². The van der Waals surface area contributed by atoms with Gasteiger partial charge in [-0.1, -0.05) is 6.07 Å². The van der Waals surface area contributed by atoms with Crippen LogP contribution in [0.25, 0.3) is 0 Å². The van der Waals surface area contributed by atoms with Crippen LogP contribution in [0.15, 0.2) is 29.8 Å². The van der Waals surface area contributed by atoms with Crippen LogP contribution < -0.4 is 5.32 Å². The van der Waals surface area contributed by atoms with Crippen molar-refractivity contribution in [3.63, 3.8) is 0 Å². The van der Waals surface area contributed by atoms with Crippen LogP contribution in [0.4, 0.5) is 5.69 Å². The average Bonchev–Trinajstić information content (AvgIpc) is 3.35. The van der Waals surface area contributed by atoms with Crippen LogP contribution in [0.5, 0.6) is 0 Å². The number of benzene rings is 1. The molecule has 2 amide bonds. The van der Waals surface area contributed by atoms with Gasteiger partial charge in [0.25, 0.3) is 11.8 Å². The number of carbonyl (C=O) groups excluding carboxylic acids is 2. The van der Waals surface area contributed by atoms with Gasteiger partial charge in [0.2, 0.25) is 0 Å². The molecule has 1 aromatic heterocycles. The monoisotopic (exact) mass is 373 g/mol. The van der Waals surface area contributed by atoms with E-state index in [1.807, 2.05) is 25.3 Å². The van der Waals surface area contributed by atoms with E-state index in [0.29, 0.717) is 17.9 Å². The van der Waals surface area contributed by atoms with Gasteiger partial charge in [0, 0.05) is 36.5 Å². The Balaban J connectivity index is 1.77. The predicted octanol–water partition coefficient (Wildman–Crippen LogP) is 3.40. The number of thiazole rings is 1. The van der Waals surface area contributed by atoms with Gasteiger partial charge in [0.1, 0.15) is 11.1 Å². The zero-order valence-corrected chi connectivity index (χ0v) is 16.0. The van der Waals surface area contributed by atoms with Crippen molar-refractivity contribution in [1.82, 2.24) is 9.88 Å². The third kappa shape index (κ3) is 3.78. The largest absolute Gasteiger partial charge is 0.368 e. The number of aromatic nitrogens is 1. The van der Waals surface area contributed by atoms with Crippen molar-refractivity contribution in [2.24, 2.45) is 0 Å². The Morgan fingerprint density at radius 2 is 2.23 bits per heavy atom. The Bertz CT molecular complexity index is 785. The molecule has 1 saturated heterocycles. The van der Waals surface area contributed by atoms with Crippen molar-refractivity contribution in [2.45, 2.75) is 38.8 Å². The lowest BCUT2D eigenvalue weighted by Gasteiger charge is -2.24. The number of nitrogens with one attached hydrogen (secondary N) is 1. The Morgan fingerprint density at radius 3 is 2.88 bits per heavy atom. The van der Waals surface area contributed by atoms with Gasteiger partial charge in [-0.25, -0.2) is 4.98 Å². The van der Waals surface area contributed by atoms with Gasteiger partial charge < -0.3 is 15.0 Å². The maximum absolute atomic E-state index is 13.0. The van der Waals surface area contributed by atoms with Gasteiger partial charge in [0.05, 0.1) is 6.04 Å². The quantitative estimate of drug-likeness (QED) is 0.872. The molecule has 2 aromatic rings. The van der Waals surface area contributed by atoms with E-state index in [4.69, 9.17) is 4.74 Å². The van der Waals surface area contributed by atoms with Crippen molar-refractivity contribution < 1.29 is 14.3 Å². The first-order chi connectivity index (χ1) is 12.5. The second-order valence-electron chi connectivity index (χ2n) is 6.43. The van der Waals surface area contributed by atoms with Crippen LogP contribution in [0, 0.1) is 6.92 Å². The maximum Gasteiger partial charge on any atom is 0.254 e. The summed E-state index contributed by atoms with van der Waals surface area (Å²) in [5.74, 6) is -0.252. The molecule has 0 aliphatic carbocycles. The Labute approximate surface area is 157 Å². The highest BCUT2D eigenvalue weighted by Gasteiger charge is 2.26. The Hall–Kier alpha value is -2.25. The van der Waals surface area contributed by atoms with Crippen molar-refractivity contribution in [1.29, 1.82) is 0 Å². The molecule has 0 radical (unpaired) electrons. The van der Waals surface area contributed by atoms with Crippen molar-refractivity contribution >= 4 is 28.8 Å². The lowest BCUT2D eigenvalue weighted by atomic mass is 10.0. The summed E-state index contributed by atoms with van der Waals surface area (Å²) in [5.41, 5.74) is 1.97. The summed E-state index contributed by atoms with van der Waals surface area (Å²) in [7, 11) is 1.77. The first kappa shape index (κ1) is 18.5. The lowest BCUT2D eigenvalue weighted by Crippen LogP contribution is -2.31. The number of anilines is 1. The standard InChI is InChI=1S/C19H23N3O3S/c1-12-14(19(24)22(3)13(2)18-20-9-11-26-18)6-4-7-15(12)21-17(23)16-8-5-10-25-16/h4,6-7,9,11,13,16H,5,8,10H2,1-3H3,(H,21,23)/t13-,16+/m0/s1. The number of hydrogen-bond acceptors (Lipinski definition) is 5. The average molecular weight is 373 g/mol. The highest BCUT2D eigenvalue weighted by molar-refractivity contribution is 7.09. The first-order valence-electron chi connectivity index (χ1n) is 8.67. The maximum atomic E-state index is 13.0. The molecule has 3 rings (SSSR count).